The van der Waals surface area contributed by atoms with Crippen LogP contribution in [-0.2, 0) is 6.54 Å². The molecule has 1 aromatic heterocycles. The molecular formula is C22H35IN6O. The van der Waals surface area contributed by atoms with E-state index < -0.39 is 0 Å². The van der Waals surface area contributed by atoms with Crippen LogP contribution in [0.5, 0.6) is 5.75 Å². The Morgan fingerprint density at radius 2 is 1.97 bits per heavy atom. The summed E-state index contributed by atoms with van der Waals surface area (Å²) in [4.78, 5) is 6.96. The van der Waals surface area contributed by atoms with Gasteiger partial charge < -0.3 is 15.4 Å². The van der Waals surface area contributed by atoms with Gasteiger partial charge in [0.25, 0.3) is 0 Å². The van der Waals surface area contributed by atoms with E-state index in [1.165, 1.54) is 18.4 Å². The van der Waals surface area contributed by atoms with Crippen molar-refractivity contribution >= 4 is 29.9 Å². The monoisotopic (exact) mass is 526 g/mol. The van der Waals surface area contributed by atoms with E-state index in [4.69, 9.17) is 4.74 Å². The van der Waals surface area contributed by atoms with E-state index >= 15 is 0 Å². The summed E-state index contributed by atoms with van der Waals surface area (Å²) in [5.41, 5.74) is 1.28. The molecule has 0 bridgehead atoms. The fraction of sp³-hybridized carbons (Fsp3) is 0.545. The van der Waals surface area contributed by atoms with Crippen LogP contribution in [-0.4, -0.2) is 61.0 Å². The molecule has 1 fully saturated rings. The minimum atomic E-state index is 0. The van der Waals surface area contributed by atoms with Crippen LogP contribution in [0.25, 0.3) is 0 Å². The molecular weight excluding hydrogens is 491 g/mol. The topological polar surface area (TPSA) is 66.7 Å². The molecule has 0 saturated carbocycles. The van der Waals surface area contributed by atoms with Crippen molar-refractivity contribution in [2.24, 2.45) is 10.9 Å². The van der Waals surface area contributed by atoms with Crippen molar-refractivity contribution in [2.45, 2.75) is 32.4 Å². The third kappa shape index (κ3) is 7.16. The number of ether oxygens (including phenoxy) is 1. The van der Waals surface area contributed by atoms with Gasteiger partial charge >= 0.3 is 0 Å². The number of nitrogens with zero attached hydrogens (tertiary/aromatic N) is 4. The molecule has 0 spiro atoms. The molecule has 30 heavy (non-hydrogen) atoms. The zero-order valence-electron chi connectivity index (χ0n) is 18.3. The second-order valence-corrected chi connectivity index (χ2v) is 7.70. The van der Waals surface area contributed by atoms with E-state index in [2.05, 4.69) is 50.7 Å². The van der Waals surface area contributed by atoms with Crippen LogP contribution in [0.4, 0.5) is 0 Å². The van der Waals surface area contributed by atoms with Crippen molar-refractivity contribution in [1.82, 2.24) is 25.3 Å². The molecule has 1 saturated heterocycles. The zero-order chi connectivity index (χ0) is 20.5. The van der Waals surface area contributed by atoms with E-state index in [0.29, 0.717) is 12.0 Å². The van der Waals surface area contributed by atoms with Crippen molar-refractivity contribution in [3.8, 4) is 5.75 Å². The first-order valence-corrected chi connectivity index (χ1v) is 10.5. The van der Waals surface area contributed by atoms with Crippen LogP contribution in [0.1, 0.15) is 31.4 Å². The Bertz CT molecular complexity index is 761. The number of nitrogens with one attached hydrogen (secondary N) is 2. The van der Waals surface area contributed by atoms with Gasteiger partial charge in [-0.2, -0.15) is 5.10 Å². The van der Waals surface area contributed by atoms with Crippen LogP contribution in [0.15, 0.2) is 47.7 Å². The van der Waals surface area contributed by atoms with Crippen LogP contribution in [0.2, 0.25) is 0 Å². The summed E-state index contributed by atoms with van der Waals surface area (Å²) in [6.45, 7) is 7.02. The number of aliphatic imine (C=N–C) groups is 1. The van der Waals surface area contributed by atoms with Crippen molar-refractivity contribution in [2.75, 3.05) is 40.3 Å². The summed E-state index contributed by atoms with van der Waals surface area (Å²) >= 11 is 0. The lowest BCUT2D eigenvalue weighted by Gasteiger charge is -2.29. The average Bonchev–Trinajstić information content (AvgIpc) is 3.45. The smallest absolute Gasteiger partial charge is 0.191 e. The minimum absolute atomic E-state index is 0. The Morgan fingerprint density at radius 3 is 2.63 bits per heavy atom. The van der Waals surface area contributed by atoms with Crippen LogP contribution >= 0.6 is 24.0 Å². The van der Waals surface area contributed by atoms with E-state index in [-0.39, 0.29) is 24.0 Å². The first-order valence-electron chi connectivity index (χ1n) is 10.5. The summed E-state index contributed by atoms with van der Waals surface area (Å²) in [5, 5.41) is 11.3. The second-order valence-electron chi connectivity index (χ2n) is 7.70. The number of aromatic nitrogens is 2. The maximum absolute atomic E-state index is 5.44. The maximum atomic E-state index is 5.44. The molecule has 0 radical (unpaired) electrons. The number of hydrogen-bond acceptors (Lipinski definition) is 4. The largest absolute Gasteiger partial charge is 0.497 e. The normalized spacial score (nSPS) is 16.6. The SMILES string of the molecule is CN=C(NCC(C)Cn1cccn1)NCC(c1cccc(OC)c1)N1CCCC1.I. The highest BCUT2D eigenvalue weighted by atomic mass is 127. The number of rotatable bonds is 9. The van der Waals surface area contributed by atoms with Crippen molar-refractivity contribution < 1.29 is 4.74 Å². The van der Waals surface area contributed by atoms with Crippen molar-refractivity contribution in [3.05, 3.63) is 48.3 Å². The van der Waals surface area contributed by atoms with Crippen LogP contribution in [0, 0.1) is 5.92 Å². The molecule has 166 valence electrons. The van der Waals surface area contributed by atoms with Gasteiger partial charge in [-0.25, -0.2) is 0 Å². The molecule has 0 amide bonds. The van der Waals surface area contributed by atoms with Gasteiger partial charge in [0.1, 0.15) is 5.75 Å². The number of benzene rings is 1. The molecule has 3 rings (SSSR count). The Kier molecular flexibility index (Phi) is 10.4. The molecule has 8 heteroatoms. The summed E-state index contributed by atoms with van der Waals surface area (Å²) in [6, 6.07) is 10.7. The average molecular weight is 526 g/mol. The van der Waals surface area contributed by atoms with E-state index in [9.17, 15) is 0 Å². The van der Waals surface area contributed by atoms with Gasteiger partial charge in [0, 0.05) is 39.1 Å². The van der Waals surface area contributed by atoms with Crippen molar-refractivity contribution in [3.63, 3.8) is 0 Å². The van der Waals surface area contributed by atoms with Gasteiger partial charge in [0.05, 0.1) is 13.2 Å². The number of methoxy groups -OCH3 is 1. The fourth-order valence-electron chi connectivity index (χ4n) is 3.84. The van der Waals surface area contributed by atoms with E-state index in [1.807, 2.05) is 36.3 Å². The standard InChI is InChI=1S/C22H34N6O.HI/c1-18(17-28-13-7-10-26-28)15-24-22(23-2)25-16-21(27-11-4-5-12-27)19-8-6-9-20(14-19)29-3;/h6-10,13-14,18,21H,4-5,11-12,15-17H2,1-3H3,(H2,23,24,25);1H. The number of likely N-dealkylation sites (tertiary alicyclic amines) is 1. The lowest BCUT2D eigenvalue weighted by Crippen LogP contribution is -2.44. The van der Waals surface area contributed by atoms with Crippen LogP contribution < -0.4 is 15.4 Å². The Balaban J connectivity index is 0.00000320. The van der Waals surface area contributed by atoms with E-state index in [0.717, 1.165) is 44.4 Å². The highest BCUT2D eigenvalue weighted by Crippen LogP contribution is 2.27. The van der Waals surface area contributed by atoms with Gasteiger partial charge in [-0.05, 0) is 55.6 Å². The quantitative estimate of drug-likeness (QED) is 0.299. The Morgan fingerprint density at radius 1 is 1.20 bits per heavy atom. The van der Waals surface area contributed by atoms with Gasteiger partial charge in [0.2, 0.25) is 0 Å². The summed E-state index contributed by atoms with van der Waals surface area (Å²) in [5.74, 6) is 2.19. The first-order chi connectivity index (χ1) is 14.2. The molecule has 1 aliphatic heterocycles. The molecule has 1 aromatic carbocycles. The molecule has 2 N–H and O–H groups in total. The fourth-order valence-corrected chi connectivity index (χ4v) is 3.84. The molecule has 2 atom stereocenters. The minimum Gasteiger partial charge on any atom is -0.497 e. The lowest BCUT2D eigenvalue weighted by molar-refractivity contribution is 0.245. The van der Waals surface area contributed by atoms with Gasteiger partial charge in [0.15, 0.2) is 5.96 Å². The van der Waals surface area contributed by atoms with Crippen molar-refractivity contribution in [1.29, 1.82) is 0 Å². The predicted octanol–water partition coefficient (Wildman–Crippen LogP) is 3.15. The second kappa shape index (κ2) is 12.8. The molecule has 0 aliphatic carbocycles. The molecule has 7 nitrogen and oxygen atoms in total. The van der Waals surface area contributed by atoms with Gasteiger partial charge in [-0.1, -0.05) is 19.1 Å². The molecule has 2 unspecified atom stereocenters. The number of guanidine groups is 1. The zero-order valence-corrected chi connectivity index (χ0v) is 20.6. The summed E-state index contributed by atoms with van der Waals surface area (Å²) in [6.07, 6.45) is 6.34. The summed E-state index contributed by atoms with van der Waals surface area (Å²) < 4.78 is 7.41. The Hall–Kier alpha value is -1.81. The Labute approximate surface area is 197 Å². The highest BCUT2D eigenvalue weighted by Gasteiger charge is 2.24. The molecule has 2 heterocycles. The first kappa shape index (κ1) is 24.5. The van der Waals surface area contributed by atoms with Crippen LogP contribution in [0.3, 0.4) is 0 Å². The highest BCUT2D eigenvalue weighted by molar-refractivity contribution is 14.0. The predicted molar refractivity (Wildman–Crippen MR) is 133 cm³/mol. The molecule has 2 aromatic rings. The van der Waals surface area contributed by atoms with Gasteiger partial charge in [-0.3, -0.25) is 14.6 Å². The third-order valence-electron chi connectivity index (χ3n) is 5.42. The number of hydrogen-bond donors (Lipinski definition) is 2. The van der Waals surface area contributed by atoms with Gasteiger partial charge in [-0.15, -0.1) is 24.0 Å². The molecule has 1 aliphatic rings. The maximum Gasteiger partial charge on any atom is 0.191 e. The third-order valence-corrected chi connectivity index (χ3v) is 5.42. The lowest BCUT2D eigenvalue weighted by atomic mass is 10.1. The van der Waals surface area contributed by atoms with E-state index in [1.54, 1.807) is 7.11 Å². The summed E-state index contributed by atoms with van der Waals surface area (Å²) in [7, 11) is 3.54. The number of halogens is 1.